The third-order valence-electron chi connectivity index (χ3n) is 6.28. The molecule has 2 aliphatic rings. The number of pyridine rings is 2. The number of anilines is 1. The highest BCUT2D eigenvalue weighted by Gasteiger charge is 2.41. The molecule has 0 unspecified atom stereocenters. The van der Waals surface area contributed by atoms with Gasteiger partial charge < -0.3 is 9.80 Å². The predicted molar refractivity (Wildman–Crippen MR) is 111 cm³/mol. The minimum atomic E-state index is 0.103. The molecule has 0 bridgehead atoms. The molecule has 3 aromatic rings. The number of hydrogen-bond donors (Lipinski definition) is 0. The van der Waals surface area contributed by atoms with Crippen molar-refractivity contribution in [3.63, 3.8) is 0 Å². The van der Waals surface area contributed by atoms with Crippen molar-refractivity contribution in [2.45, 2.75) is 31.7 Å². The van der Waals surface area contributed by atoms with Gasteiger partial charge in [-0.05, 0) is 49.4 Å². The van der Waals surface area contributed by atoms with Gasteiger partial charge >= 0.3 is 0 Å². The average molecular weight is 401 g/mol. The van der Waals surface area contributed by atoms with E-state index in [1.807, 2.05) is 18.3 Å². The molecule has 8 heteroatoms. The van der Waals surface area contributed by atoms with Crippen LogP contribution in [0.25, 0.3) is 5.65 Å². The van der Waals surface area contributed by atoms with Crippen molar-refractivity contribution >= 4 is 17.2 Å². The van der Waals surface area contributed by atoms with E-state index in [-0.39, 0.29) is 12.0 Å². The minimum absolute atomic E-state index is 0.103. The molecule has 2 saturated heterocycles. The smallest absolute Gasteiger partial charge is 0.226 e. The second-order valence-corrected chi connectivity index (χ2v) is 8.03. The summed E-state index contributed by atoms with van der Waals surface area (Å²) in [7, 11) is 0. The lowest BCUT2D eigenvalue weighted by molar-refractivity contribution is -0.132. The maximum absolute atomic E-state index is 12.9. The second kappa shape index (κ2) is 7.75. The van der Waals surface area contributed by atoms with Crippen molar-refractivity contribution in [2.75, 3.05) is 24.5 Å². The SMILES string of the molecule is N#Cc1ccc(N2CCN3C(=O)[C@@H](CCCc4cccn5ncnc45)C[C@H]3C2)cn1. The van der Waals surface area contributed by atoms with Gasteiger partial charge in [-0.25, -0.2) is 14.5 Å². The highest BCUT2D eigenvalue weighted by Crippen LogP contribution is 2.32. The summed E-state index contributed by atoms with van der Waals surface area (Å²) < 4.78 is 1.79. The van der Waals surface area contributed by atoms with Crippen molar-refractivity contribution in [1.29, 1.82) is 5.26 Å². The third-order valence-corrected chi connectivity index (χ3v) is 6.28. The zero-order valence-corrected chi connectivity index (χ0v) is 16.7. The summed E-state index contributed by atoms with van der Waals surface area (Å²) in [5.74, 6) is 0.407. The van der Waals surface area contributed by atoms with Crippen molar-refractivity contribution in [1.82, 2.24) is 24.5 Å². The first-order valence-corrected chi connectivity index (χ1v) is 10.4. The maximum atomic E-state index is 12.9. The zero-order chi connectivity index (χ0) is 20.5. The molecule has 1 amide bonds. The van der Waals surface area contributed by atoms with Crippen LogP contribution in [0.1, 0.15) is 30.5 Å². The number of amides is 1. The van der Waals surface area contributed by atoms with Crippen LogP contribution < -0.4 is 4.90 Å². The fraction of sp³-hybridized carbons (Fsp3) is 0.409. The van der Waals surface area contributed by atoms with Gasteiger partial charge in [-0.15, -0.1) is 0 Å². The number of nitrogens with zero attached hydrogens (tertiary/aromatic N) is 7. The third kappa shape index (κ3) is 3.36. The van der Waals surface area contributed by atoms with E-state index in [0.717, 1.165) is 56.7 Å². The van der Waals surface area contributed by atoms with Crippen molar-refractivity contribution < 1.29 is 4.79 Å². The topological polar surface area (TPSA) is 90.4 Å². The highest BCUT2D eigenvalue weighted by atomic mass is 16.2. The predicted octanol–water partition coefficient (Wildman–Crippen LogP) is 2.06. The lowest BCUT2D eigenvalue weighted by atomic mass is 9.96. The number of piperazine rings is 1. The van der Waals surface area contributed by atoms with Gasteiger partial charge in [0.2, 0.25) is 5.91 Å². The van der Waals surface area contributed by atoms with Crippen molar-refractivity contribution in [2.24, 2.45) is 5.92 Å². The van der Waals surface area contributed by atoms with E-state index in [2.05, 4.69) is 37.0 Å². The Morgan fingerprint density at radius 3 is 2.97 bits per heavy atom. The Morgan fingerprint density at radius 2 is 2.13 bits per heavy atom. The number of aromatic nitrogens is 4. The standard InChI is InChI=1S/C22H23N7O/c23-12-18-6-7-19(13-24-18)27-9-10-28-20(14-27)11-17(22(28)30)4-1-3-16-5-2-8-29-21(16)25-15-26-29/h2,5-8,13,15,17,20H,1,3-4,9-11,14H2/t17-,20-/m0/s1. The molecule has 0 aromatic carbocycles. The first-order chi connectivity index (χ1) is 14.7. The first kappa shape index (κ1) is 18.6. The molecule has 2 atom stereocenters. The van der Waals surface area contributed by atoms with Gasteiger partial charge in [0.05, 0.1) is 17.9 Å². The van der Waals surface area contributed by atoms with E-state index in [0.29, 0.717) is 11.6 Å². The molecule has 152 valence electrons. The normalized spacial score (nSPS) is 21.1. The molecule has 2 fully saturated rings. The summed E-state index contributed by atoms with van der Waals surface area (Å²) in [4.78, 5) is 25.8. The Labute approximate surface area is 174 Å². The Balaban J connectivity index is 1.19. The van der Waals surface area contributed by atoms with Gasteiger partial charge in [0.1, 0.15) is 18.1 Å². The van der Waals surface area contributed by atoms with E-state index >= 15 is 0 Å². The number of nitriles is 1. The lowest BCUT2D eigenvalue weighted by Gasteiger charge is -2.38. The zero-order valence-electron chi connectivity index (χ0n) is 16.7. The number of aryl methyl sites for hydroxylation is 1. The molecule has 0 aliphatic carbocycles. The molecule has 30 heavy (non-hydrogen) atoms. The monoisotopic (exact) mass is 401 g/mol. The van der Waals surface area contributed by atoms with Gasteiger partial charge in [0.25, 0.3) is 0 Å². The lowest BCUT2D eigenvalue weighted by Crippen LogP contribution is -2.51. The van der Waals surface area contributed by atoms with E-state index < -0.39 is 0 Å². The Kier molecular flexibility index (Phi) is 4.79. The van der Waals surface area contributed by atoms with Gasteiger partial charge in [-0.1, -0.05) is 6.07 Å². The molecule has 0 spiro atoms. The van der Waals surface area contributed by atoms with Gasteiger partial charge in [0.15, 0.2) is 5.65 Å². The van der Waals surface area contributed by atoms with E-state index in [1.165, 1.54) is 5.56 Å². The second-order valence-electron chi connectivity index (χ2n) is 8.03. The number of carbonyl (C=O) groups is 1. The molecule has 5 heterocycles. The summed E-state index contributed by atoms with van der Waals surface area (Å²) in [5.41, 5.74) is 3.53. The first-order valence-electron chi connectivity index (χ1n) is 10.4. The molecule has 3 aromatic heterocycles. The number of hydrogen-bond acceptors (Lipinski definition) is 6. The molecule has 0 N–H and O–H groups in total. The number of carbonyl (C=O) groups excluding carboxylic acids is 1. The van der Waals surface area contributed by atoms with Crippen LogP contribution in [0.2, 0.25) is 0 Å². The average Bonchev–Trinajstić information content (AvgIpc) is 3.39. The fourth-order valence-corrected chi connectivity index (χ4v) is 4.76. The Bertz CT molecular complexity index is 1100. The molecular formula is C22H23N7O. The van der Waals surface area contributed by atoms with E-state index in [1.54, 1.807) is 23.1 Å². The summed E-state index contributed by atoms with van der Waals surface area (Å²) in [5, 5.41) is 13.1. The highest BCUT2D eigenvalue weighted by molar-refractivity contribution is 5.82. The van der Waals surface area contributed by atoms with Gasteiger partial charge in [-0.2, -0.15) is 10.4 Å². The molecule has 2 aliphatic heterocycles. The van der Waals surface area contributed by atoms with Crippen LogP contribution in [0, 0.1) is 17.2 Å². The van der Waals surface area contributed by atoms with Crippen LogP contribution in [0.4, 0.5) is 5.69 Å². The summed E-state index contributed by atoms with van der Waals surface area (Å²) >= 11 is 0. The molecular weight excluding hydrogens is 378 g/mol. The number of rotatable bonds is 5. The van der Waals surface area contributed by atoms with Crippen LogP contribution >= 0.6 is 0 Å². The Hall–Kier alpha value is -3.47. The quantitative estimate of drug-likeness (QED) is 0.650. The van der Waals surface area contributed by atoms with E-state index in [9.17, 15) is 4.79 Å². The Morgan fingerprint density at radius 1 is 1.20 bits per heavy atom. The van der Waals surface area contributed by atoms with Crippen LogP contribution in [0.3, 0.4) is 0 Å². The van der Waals surface area contributed by atoms with Crippen LogP contribution in [0.15, 0.2) is 43.0 Å². The number of fused-ring (bicyclic) bond motifs is 2. The maximum Gasteiger partial charge on any atom is 0.226 e. The largest absolute Gasteiger partial charge is 0.366 e. The van der Waals surface area contributed by atoms with Gasteiger partial charge in [0, 0.05) is 31.7 Å². The summed E-state index contributed by atoms with van der Waals surface area (Å²) in [6.07, 6.45) is 8.92. The van der Waals surface area contributed by atoms with Gasteiger partial charge in [-0.3, -0.25) is 4.79 Å². The fourth-order valence-electron chi connectivity index (χ4n) is 4.76. The van der Waals surface area contributed by atoms with Crippen LogP contribution in [0.5, 0.6) is 0 Å². The molecule has 8 nitrogen and oxygen atoms in total. The molecule has 0 saturated carbocycles. The van der Waals surface area contributed by atoms with E-state index in [4.69, 9.17) is 5.26 Å². The van der Waals surface area contributed by atoms with Crippen molar-refractivity contribution in [3.05, 3.63) is 54.2 Å². The summed E-state index contributed by atoms with van der Waals surface area (Å²) in [6.45, 7) is 2.38. The minimum Gasteiger partial charge on any atom is -0.366 e. The molecule has 0 radical (unpaired) electrons. The summed E-state index contributed by atoms with van der Waals surface area (Å²) in [6, 6.07) is 10.1. The van der Waals surface area contributed by atoms with Crippen LogP contribution in [-0.2, 0) is 11.2 Å². The van der Waals surface area contributed by atoms with Crippen molar-refractivity contribution in [3.8, 4) is 6.07 Å². The van der Waals surface area contributed by atoms with Crippen LogP contribution in [-0.4, -0.2) is 56.1 Å². The molecule has 5 rings (SSSR count).